The van der Waals surface area contributed by atoms with Crippen LogP contribution in [-0.4, -0.2) is 16.6 Å². The molecular formula is C16H13FN2O. The van der Waals surface area contributed by atoms with E-state index in [9.17, 15) is 4.39 Å². The van der Waals surface area contributed by atoms with E-state index in [0.29, 0.717) is 23.9 Å². The predicted molar refractivity (Wildman–Crippen MR) is 76.1 cm³/mol. The predicted octanol–water partition coefficient (Wildman–Crippen LogP) is 3.83. The van der Waals surface area contributed by atoms with Crippen LogP contribution >= 0.6 is 0 Å². The number of benzene rings is 2. The third-order valence-electron chi connectivity index (χ3n) is 2.93. The summed E-state index contributed by atoms with van der Waals surface area (Å²) in [5, 5.41) is 0.856. The first-order chi connectivity index (χ1) is 9.78. The van der Waals surface area contributed by atoms with Crippen molar-refractivity contribution < 1.29 is 9.13 Å². The molecule has 0 aliphatic rings. The summed E-state index contributed by atoms with van der Waals surface area (Å²) in [4.78, 5) is 8.87. The van der Waals surface area contributed by atoms with Gasteiger partial charge in [-0.25, -0.2) is 9.37 Å². The van der Waals surface area contributed by atoms with E-state index in [0.717, 1.165) is 10.9 Å². The van der Waals surface area contributed by atoms with E-state index in [2.05, 4.69) is 9.97 Å². The zero-order valence-corrected chi connectivity index (χ0v) is 11.0. The number of nitrogens with zero attached hydrogens (tertiary/aromatic N) is 2. The van der Waals surface area contributed by atoms with Gasteiger partial charge in [-0.2, -0.15) is 4.98 Å². The zero-order chi connectivity index (χ0) is 13.9. The molecule has 3 aromatic rings. The van der Waals surface area contributed by atoms with Gasteiger partial charge >= 0.3 is 0 Å². The lowest BCUT2D eigenvalue weighted by atomic mass is 10.2. The molecule has 0 atom stereocenters. The fraction of sp³-hybridized carbons (Fsp3) is 0.125. The number of hydrogen-bond donors (Lipinski definition) is 0. The highest BCUT2D eigenvalue weighted by molar-refractivity contribution is 5.85. The van der Waals surface area contributed by atoms with Crippen LogP contribution in [0.2, 0.25) is 0 Å². The van der Waals surface area contributed by atoms with Gasteiger partial charge in [0.1, 0.15) is 5.82 Å². The first-order valence-corrected chi connectivity index (χ1v) is 6.43. The lowest BCUT2D eigenvalue weighted by Gasteiger charge is -2.08. The normalized spacial score (nSPS) is 10.7. The second-order valence-electron chi connectivity index (χ2n) is 4.31. The fourth-order valence-corrected chi connectivity index (χ4v) is 2.05. The number of rotatable bonds is 3. The lowest BCUT2D eigenvalue weighted by molar-refractivity contribution is 0.331. The van der Waals surface area contributed by atoms with Crippen LogP contribution in [0.15, 0.2) is 48.5 Å². The van der Waals surface area contributed by atoms with E-state index >= 15 is 0 Å². The van der Waals surface area contributed by atoms with Gasteiger partial charge in [0, 0.05) is 5.56 Å². The number of hydrogen-bond acceptors (Lipinski definition) is 3. The molecule has 0 bridgehead atoms. The molecule has 0 aliphatic carbocycles. The fourth-order valence-electron chi connectivity index (χ4n) is 2.05. The maximum absolute atomic E-state index is 13.3. The molecule has 0 radical (unpaired) electrons. The SMILES string of the molecule is CCOc1nc(-c2cccc(F)c2)nc2ccccc12. The molecule has 1 aromatic heterocycles. The van der Waals surface area contributed by atoms with E-state index in [1.807, 2.05) is 31.2 Å². The Balaban J connectivity index is 2.21. The highest BCUT2D eigenvalue weighted by atomic mass is 19.1. The quantitative estimate of drug-likeness (QED) is 0.724. The summed E-state index contributed by atoms with van der Waals surface area (Å²) >= 11 is 0. The van der Waals surface area contributed by atoms with Gasteiger partial charge in [0.05, 0.1) is 17.5 Å². The number of ether oxygens (including phenoxy) is 1. The molecule has 100 valence electrons. The molecule has 2 aromatic carbocycles. The summed E-state index contributed by atoms with van der Waals surface area (Å²) in [5.41, 5.74) is 1.42. The molecule has 0 spiro atoms. The van der Waals surface area contributed by atoms with Crippen molar-refractivity contribution in [3.63, 3.8) is 0 Å². The van der Waals surface area contributed by atoms with Crippen molar-refractivity contribution >= 4 is 10.9 Å². The van der Waals surface area contributed by atoms with Crippen molar-refractivity contribution in [1.29, 1.82) is 0 Å². The van der Waals surface area contributed by atoms with Crippen molar-refractivity contribution in [1.82, 2.24) is 9.97 Å². The molecule has 0 unspecified atom stereocenters. The summed E-state index contributed by atoms with van der Waals surface area (Å²) < 4.78 is 18.9. The Morgan fingerprint density at radius 1 is 1.05 bits per heavy atom. The maximum Gasteiger partial charge on any atom is 0.225 e. The second-order valence-corrected chi connectivity index (χ2v) is 4.31. The van der Waals surface area contributed by atoms with E-state index < -0.39 is 0 Å². The van der Waals surface area contributed by atoms with Crippen LogP contribution in [0, 0.1) is 5.82 Å². The topological polar surface area (TPSA) is 35.0 Å². The molecule has 1 heterocycles. The lowest BCUT2D eigenvalue weighted by Crippen LogP contribution is -1.99. The molecule has 3 rings (SSSR count). The minimum Gasteiger partial charge on any atom is -0.477 e. The van der Waals surface area contributed by atoms with Crippen molar-refractivity contribution in [3.8, 4) is 17.3 Å². The van der Waals surface area contributed by atoms with Crippen LogP contribution in [0.4, 0.5) is 4.39 Å². The average molecular weight is 268 g/mol. The van der Waals surface area contributed by atoms with Gasteiger partial charge in [-0.1, -0.05) is 24.3 Å². The molecule has 0 N–H and O–H groups in total. The number of fused-ring (bicyclic) bond motifs is 1. The van der Waals surface area contributed by atoms with Crippen LogP contribution < -0.4 is 4.74 Å². The monoisotopic (exact) mass is 268 g/mol. The van der Waals surface area contributed by atoms with Gasteiger partial charge in [0.25, 0.3) is 0 Å². The molecular weight excluding hydrogens is 255 g/mol. The van der Waals surface area contributed by atoms with Crippen molar-refractivity contribution in [3.05, 3.63) is 54.3 Å². The van der Waals surface area contributed by atoms with Gasteiger partial charge in [-0.05, 0) is 31.2 Å². The molecule has 20 heavy (non-hydrogen) atoms. The molecule has 4 heteroatoms. The first-order valence-electron chi connectivity index (χ1n) is 6.43. The van der Waals surface area contributed by atoms with Crippen LogP contribution in [0.5, 0.6) is 5.88 Å². The Hall–Kier alpha value is -2.49. The largest absolute Gasteiger partial charge is 0.477 e. The Bertz CT molecular complexity index is 758. The minimum atomic E-state index is -0.308. The number of aromatic nitrogens is 2. The molecule has 0 saturated carbocycles. The Morgan fingerprint density at radius 2 is 1.90 bits per heavy atom. The Morgan fingerprint density at radius 3 is 2.70 bits per heavy atom. The summed E-state index contributed by atoms with van der Waals surface area (Å²) in [7, 11) is 0. The van der Waals surface area contributed by atoms with E-state index in [-0.39, 0.29) is 5.82 Å². The van der Waals surface area contributed by atoms with Gasteiger partial charge in [-0.15, -0.1) is 0 Å². The Kier molecular flexibility index (Phi) is 3.29. The summed E-state index contributed by atoms with van der Waals surface area (Å²) in [5.74, 6) is 0.682. The van der Waals surface area contributed by atoms with Gasteiger partial charge in [0.2, 0.25) is 5.88 Å². The minimum absolute atomic E-state index is 0.308. The van der Waals surface area contributed by atoms with Gasteiger partial charge in [-0.3, -0.25) is 0 Å². The number of para-hydroxylation sites is 1. The van der Waals surface area contributed by atoms with E-state index in [4.69, 9.17) is 4.74 Å². The van der Waals surface area contributed by atoms with Crippen LogP contribution in [0.25, 0.3) is 22.3 Å². The Labute approximate surface area is 116 Å². The zero-order valence-electron chi connectivity index (χ0n) is 11.0. The number of halogens is 1. The van der Waals surface area contributed by atoms with Crippen molar-refractivity contribution in [2.75, 3.05) is 6.61 Å². The van der Waals surface area contributed by atoms with Gasteiger partial charge in [0.15, 0.2) is 5.82 Å². The third-order valence-corrected chi connectivity index (χ3v) is 2.93. The van der Waals surface area contributed by atoms with Crippen molar-refractivity contribution in [2.45, 2.75) is 6.92 Å². The summed E-state index contributed by atoms with van der Waals surface area (Å²) in [6.07, 6.45) is 0. The van der Waals surface area contributed by atoms with Crippen LogP contribution in [-0.2, 0) is 0 Å². The average Bonchev–Trinajstić information content (AvgIpc) is 2.47. The first kappa shape index (κ1) is 12.5. The third kappa shape index (κ3) is 2.32. The van der Waals surface area contributed by atoms with E-state index in [1.54, 1.807) is 12.1 Å². The standard InChI is InChI=1S/C16H13FN2O/c1-2-20-16-13-8-3-4-9-14(13)18-15(19-16)11-6-5-7-12(17)10-11/h3-10H,2H2,1H3. The molecule has 0 aliphatic heterocycles. The van der Waals surface area contributed by atoms with Crippen LogP contribution in [0.3, 0.4) is 0 Å². The molecule has 0 fully saturated rings. The smallest absolute Gasteiger partial charge is 0.225 e. The second kappa shape index (κ2) is 5.25. The molecule has 0 saturated heterocycles. The van der Waals surface area contributed by atoms with E-state index in [1.165, 1.54) is 12.1 Å². The highest BCUT2D eigenvalue weighted by Crippen LogP contribution is 2.26. The summed E-state index contributed by atoms with van der Waals surface area (Å²) in [6.45, 7) is 2.42. The maximum atomic E-state index is 13.3. The molecule has 0 amide bonds. The van der Waals surface area contributed by atoms with Gasteiger partial charge < -0.3 is 4.74 Å². The van der Waals surface area contributed by atoms with Crippen molar-refractivity contribution in [2.24, 2.45) is 0 Å². The van der Waals surface area contributed by atoms with Crippen LogP contribution in [0.1, 0.15) is 6.92 Å². The summed E-state index contributed by atoms with van der Waals surface area (Å²) in [6, 6.07) is 13.9. The molecule has 3 nitrogen and oxygen atoms in total. The highest BCUT2D eigenvalue weighted by Gasteiger charge is 2.10.